The molecule has 0 amide bonds. The molecule has 0 saturated carbocycles. The number of hydrogen-bond acceptors (Lipinski definition) is 8. The van der Waals surface area contributed by atoms with Crippen molar-refractivity contribution >= 4 is 34.3 Å². The van der Waals surface area contributed by atoms with E-state index in [9.17, 15) is 27.8 Å². The molecule has 4 rings (SSSR count). The van der Waals surface area contributed by atoms with E-state index in [4.69, 9.17) is 16.3 Å². The zero-order chi connectivity index (χ0) is 22.3. The maximum absolute atomic E-state index is 14.1. The highest BCUT2D eigenvalue weighted by molar-refractivity contribution is 6.30. The summed E-state index contributed by atoms with van der Waals surface area (Å²) in [5.41, 5.74) is 0.355. The number of anilines is 2. The molecule has 3 aromatic rings. The fourth-order valence-electron chi connectivity index (χ4n) is 3.12. The first kappa shape index (κ1) is 21.6. The Labute approximate surface area is 176 Å². The van der Waals surface area contributed by atoms with Crippen LogP contribution in [-0.4, -0.2) is 61.0 Å². The predicted molar refractivity (Wildman–Crippen MR) is 97.9 cm³/mol. The number of rotatable bonds is 5. The van der Waals surface area contributed by atoms with Crippen molar-refractivity contribution in [2.24, 2.45) is 0 Å². The molecular formula is C17H14ClF4N5O4. The van der Waals surface area contributed by atoms with Crippen molar-refractivity contribution in [3.8, 4) is 0 Å². The molecule has 1 aliphatic heterocycles. The minimum atomic E-state index is -4.92. The molecule has 1 saturated heterocycles. The molecule has 3 N–H and O–H groups in total. The Morgan fingerprint density at radius 1 is 1.19 bits per heavy atom. The van der Waals surface area contributed by atoms with Crippen LogP contribution in [0.25, 0.3) is 11.2 Å². The zero-order valence-corrected chi connectivity index (χ0v) is 16.0. The monoisotopic (exact) mass is 463 g/mol. The molecule has 0 unspecified atom stereocenters. The molecule has 0 spiro atoms. The Kier molecular flexibility index (Phi) is 5.70. The van der Waals surface area contributed by atoms with Gasteiger partial charge in [0.15, 0.2) is 23.2 Å². The quantitative estimate of drug-likeness (QED) is 0.495. The van der Waals surface area contributed by atoms with E-state index in [0.717, 1.165) is 12.4 Å². The number of nitrogens with zero attached hydrogens (tertiary/aromatic N) is 4. The summed E-state index contributed by atoms with van der Waals surface area (Å²) >= 11 is 5.74. The molecule has 0 radical (unpaired) electrons. The molecule has 3 heterocycles. The molecule has 1 aromatic carbocycles. The van der Waals surface area contributed by atoms with E-state index in [1.54, 1.807) is 0 Å². The number of ether oxygens (including phenoxy) is 2. The van der Waals surface area contributed by atoms with Crippen molar-refractivity contribution in [3.63, 3.8) is 0 Å². The molecule has 1 aliphatic rings. The van der Waals surface area contributed by atoms with Crippen LogP contribution in [0.2, 0.25) is 5.02 Å². The Hall–Kier alpha value is -2.58. The minimum Gasteiger partial charge on any atom is -0.387 e. The number of aliphatic hydroxyl groups excluding tert-OH is 2. The maximum Gasteiger partial charge on any atom is 0.522 e. The Morgan fingerprint density at radius 3 is 2.68 bits per heavy atom. The van der Waals surface area contributed by atoms with E-state index in [2.05, 4.69) is 25.0 Å². The summed E-state index contributed by atoms with van der Waals surface area (Å²) in [6.45, 7) is -1.01. The van der Waals surface area contributed by atoms with E-state index in [1.165, 1.54) is 23.0 Å². The van der Waals surface area contributed by atoms with Crippen LogP contribution in [0.5, 0.6) is 0 Å². The number of alkyl halides is 3. The van der Waals surface area contributed by atoms with Gasteiger partial charge in [-0.1, -0.05) is 11.6 Å². The van der Waals surface area contributed by atoms with Crippen molar-refractivity contribution in [2.45, 2.75) is 30.9 Å². The summed E-state index contributed by atoms with van der Waals surface area (Å²) in [4.78, 5) is 12.2. The van der Waals surface area contributed by atoms with E-state index >= 15 is 0 Å². The summed E-state index contributed by atoms with van der Waals surface area (Å²) in [5.74, 6) is -0.515. The summed E-state index contributed by atoms with van der Waals surface area (Å²) in [6, 6.07) is 3.97. The number of imidazole rings is 1. The van der Waals surface area contributed by atoms with Crippen LogP contribution in [0.1, 0.15) is 6.23 Å². The van der Waals surface area contributed by atoms with Gasteiger partial charge in [0.05, 0.1) is 18.6 Å². The molecule has 1 fully saturated rings. The highest BCUT2D eigenvalue weighted by Gasteiger charge is 2.46. The number of aromatic nitrogens is 4. The standard InChI is InChI=1S/C17H14ClF4N5O4/c18-7-1-2-9(8(19)3-7)26-14-11-15(24-5-23-14)27(6-25-11)16-13(29)12(28)10(31-16)4-30-17(20,21)22/h1-3,5-6,10,12-13,16,28-29H,4H2,(H,23,24,26)/t10-,12-,13-,16-/m1/s1. The lowest BCUT2D eigenvalue weighted by Gasteiger charge is -2.17. The van der Waals surface area contributed by atoms with Gasteiger partial charge in [0.2, 0.25) is 0 Å². The summed E-state index contributed by atoms with van der Waals surface area (Å²) in [6.07, 6.45) is -8.54. The lowest BCUT2D eigenvalue weighted by Crippen LogP contribution is -2.35. The third kappa shape index (κ3) is 4.41. The SMILES string of the molecule is O[C@@H]1[C@H](O)[C@@H](COC(F)(F)F)O[C@H]1n1cnc2c(Nc3ccc(Cl)cc3F)ncnc21. The van der Waals surface area contributed by atoms with Crippen molar-refractivity contribution in [1.29, 1.82) is 0 Å². The van der Waals surface area contributed by atoms with Gasteiger partial charge in [0.25, 0.3) is 0 Å². The molecule has 14 heteroatoms. The number of aliphatic hydroxyl groups is 2. The van der Waals surface area contributed by atoms with E-state index in [1.807, 2.05) is 0 Å². The Bertz CT molecular complexity index is 1100. The molecule has 9 nitrogen and oxygen atoms in total. The number of halogens is 5. The smallest absolute Gasteiger partial charge is 0.387 e. The summed E-state index contributed by atoms with van der Waals surface area (Å²) < 4.78 is 61.2. The Morgan fingerprint density at radius 2 is 1.97 bits per heavy atom. The molecule has 4 atom stereocenters. The van der Waals surface area contributed by atoms with Crippen molar-refractivity contribution in [2.75, 3.05) is 11.9 Å². The van der Waals surface area contributed by atoms with Crippen LogP contribution in [0.3, 0.4) is 0 Å². The molecule has 2 aromatic heterocycles. The predicted octanol–water partition coefficient (Wildman–Crippen LogP) is 2.52. The van der Waals surface area contributed by atoms with Gasteiger partial charge in [-0.25, -0.2) is 19.3 Å². The molecule has 166 valence electrons. The first-order valence-electron chi connectivity index (χ1n) is 8.76. The summed E-state index contributed by atoms with van der Waals surface area (Å²) in [5, 5.41) is 23.3. The molecule has 0 aliphatic carbocycles. The lowest BCUT2D eigenvalue weighted by atomic mass is 10.1. The van der Waals surface area contributed by atoms with E-state index in [-0.39, 0.29) is 27.7 Å². The fraction of sp³-hybridized carbons (Fsp3) is 0.353. The molecule has 0 bridgehead atoms. The topological polar surface area (TPSA) is 115 Å². The van der Waals surface area contributed by atoms with Crippen LogP contribution in [0, 0.1) is 5.82 Å². The van der Waals surface area contributed by atoms with Gasteiger partial charge in [-0.05, 0) is 18.2 Å². The van der Waals surface area contributed by atoms with E-state index < -0.39 is 43.3 Å². The number of benzene rings is 1. The van der Waals surface area contributed by atoms with Gasteiger partial charge >= 0.3 is 6.36 Å². The van der Waals surface area contributed by atoms with Crippen LogP contribution in [0.15, 0.2) is 30.9 Å². The zero-order valence-electron chi connectivity index (χ0n) is 15.3. The van der Waals surface area contributed by atoms with Gasteiger partial charge in [0.1, 0.15) is 30.5 Å². The van der Waals surface area contributed by atoms with E-state index in [0.29, 0.717) is 0 Å². The third-order valence-corrected chi connectivity index (χ3v) is 4.80. The van der Waals surface area contributed by atoms with Gasteiger partial charge in [-0.3, -0.25) is 9.30 Å². The third-order valence-electron chi connectivity index (χ3n) is 4.57. The first-order valence-corrected chi connectivity index (χ1v) is 9.14. The van der Waals surface area contributed by atoms with Gasteiger partial charge in [-0.15, -0.1) is 13.2 Å². The highest BCUT2D eigenvalue weighted by Crippen LogP contribution is 2.34. The fourth-order valence-corrected chi connectivity index (χ4v) is 3.28. The molecule has 31 heavy (non-hydrogen) atoms. The lowest BCUT2D eigenvalue weighted by molar-refractivity contribution is -0.333. The van der Waals surface area contributed by atoms with Crippen molar-refractivity contribution in [1.82, 2.24) is 19.5 Å². The van der Waals surface area contributed by atoms with Gasteiger partial charge < -0.3 is 20.3 Å². The second-order valence-corrected chi connectivity index (χ2v) is 7.03. The highest BCUT2D eigenvalue weighted by atomic mass is 35.5. The van der Waals surface area contributed by atoms with Crippen LogP contribution in [0.4, 0.5) is 29.1 Å². The van der Waals surface area contributed by atoms with Crippen molar-refractivity contribution in [3.05, 3.63) is 41.7 Å². The molecular weight excluding hydrogens is 450 g/mol. The van der Waals surface area contributed by atoms with Crippen molar-refractivity contribution < 1.29 is 37.2 Å². The number of hydrogen-bond donors (Lipinski definition) is 3. The Balaban J connectivity index is 1.60. The van der Waals surface area contributed by atoms with Gasteiger partial charge in [0, 0.05) is 5.02 Å². The van der Waals surface area contributed by atoms with Gasteiger partial charge in [-0.2, -0.15) is 0 Å². The largest absolute Gasteiger partial charge is 0.522 e. The van der Waals surface area contributed by atoms with Crippen LogP contribution < -0.4 is 5.32 Å². The second-order valence-electron chi connectivity index (χ2n) is 6.60. The van der Waals surface area contributed by atoms with Crippen LogP contribution in [-0.2, 0) is 9.47 Å². The van der Waals surface area contributed by atoms with Crippen LogP contribution >= 0.6 is 11.6 Å². The number of fused-ring (bicyclic) bond motifs is 1. The average molecular weight is 464 g/mol. The average Bonchev–Trinajstić information content (AvgIpc) is 3.24. The first-order chi connectivity index (χ1) is 14.6. The summed E-state index contributed by atoms with van der Waals surface area (Å²) in [7, 11) is 0. The normalized spacial score (nSPS) is 24.1. The maximum atomic E-state index is 14.1. The second kappa shape index (κ2) is 8.16. The number of nitrogens with one attached hydrogen (secondary N) is 1. The minimum absolute atomic E-state index is 0.0656.